The second-order valence-electron chi connectivity index (χ2n) is 1.79. The van der Waals surface area contributed by atoms with Crippen molar-refractivity contribution in [3.05, 3.63) is 17.8 Å². The molecular weight excluding hydrogens is 116 g/mol. The summed E-state index contributed by atoms with van der Waals surface area (Å²) in [6, 6.07) is 0. The molecule has 0 aliphatic heterocycles. The number of hydrogen-bond donors (Lipinski definition) is 0. The maximum atomic E-state index is 9.82. The Kier molecular flexibility index (Phi) is 3.60. The monoisotopic (exact) mass is 128 g/mol. The Balaban J connectivity index is 3.72. The topological polar surface area (TPSA) is 29.9 Å². The first-order chi connectivity index (χ1) is 4.22. The molecule has 0 rings (SSSR count). The van der Waals surface area contributed by atoms with Crippen molar-refractivity contribution in [2.45, 2.75) is 20.8 Å². The molecule has 0 aromatic rings. The highest BCUT2D eigenvalue weighted by atomic mass is 16.5. The first-order valence-corrected chi connectivity index (χ1v) is 2.83. The van der Waals surface area contributed by atoms with Crippen LogP contribution in [-0.2, 0) is 4.79 Å². The predicted molar refractivity (Wildman–Crippen MR) is 37.0 cm³/mol. The molecular formula is C7H12O2. The minimum Gasteiger partial charge on any atom is -0.603 e. The Hall–Kier alpha value is -0.920. The van der Waals surface area contributed by atoms with Gasteiger partial charge in [0, 0.05) is 10.9 Å². The van der Waals surface area contributed by atoms with E-state index in [9.17, 15) is 4.79 Å². The van der Waals surface area contributed by atoms with Gasteiger partial charge in [0.1, 0.15) is 0 Å². The number of aliphatic hydroxyl groups is 1. The van der Waals surface area contributed by atoms with E-state index in [0.29, 0.717) is 6.47 Å². The lowest BCUT2D eigenvalue weighted by Gasteiger charge is -2.17. The Bertz CT molecular complexity index is 116. The lowest BCUT2D eigenvalue weighted by Crippen LogP contribution is -2.02. The largest absolute Gasteiger partial charge is 0.603 e. The number of hydrogen-bond acceptors (Lipinski definition) is 1. The SMILES string of the molecule is C/C=C(\C)[C-](C)[OH+]C=O. The van der Waals surface area contributed by atoms with Crippen LogP contribution in [0.4, 0.5) is 0 Å². The van der Waals surface area contributed by atoms with Crippen LogP contribution < -0.4 is 0 Å². The van der Waals surface area contributed by atoms with Crippen LogP contribution in [0, 0.1) is 6.10 Å². The van der Waals surface area contributed by atoms with Gasteiger partial charge >= 0.3 is 6.47 Å². The molecule has 0 aliphatic carbocycles. The third-order valence-corrected chi connectivity index (χ3v) is 1.25. The summed E-state index contributed by atoms with van der Waals surface area (Å²) in [4.78, 5) is 9.82. The van der Waals surface area contributed by atoms with Gasteiger partial charge < -0.3 is 4.74 Å². The van der Waals surface area contributed by atoms with Crippen molar-refractivity contribution in [2.75, 3.05) is 0 Å². The molecule has 9 heavy (non-hydrogen) atoms. The lowest BCUT2D eigenvalue weighted by atomic mass is 10.2. The molecule has 0 aromatic heterocycles. The molecule has 0 unspecified atom stereocenters. The molecule has 0 amide bonds. The summed E-state index contributed by atoms with van der Waals surface area (Å²) in [5.41, 5.74) is 1.04. The molecule has 0 atom stereocenters. The Morgan fingerprint density at radius 1 is 1.67 bits per heavy atom. The lowest BCUT2D eigenvalue weighted by molar-refractivity contribution is -0.143. The van der Waals surface area contributed by atoms with Crippen LogP contribution >= 0.6 is 0 Å². The summed E-state index contributed by atoms with van der Waals surface area (Å²) in [7, 11) is 0. The average Bonchev–Trinajstić information content (AvgIpc) is 1.87. The molecule has 0 spiro atoms. The van der Waals surface area contributed by atoms with Crippen LogP contribution in [0.1, 0.15) is 20.8 Å². The van der Waals surface area contributed by atoms with Crippen molar-refractivity contribution in [3.63, 3.8) is 0 Å². The van der Waals surface area contributed by atoms with E-state index >= 15 is 0 Å². The second kappa shape index (κ2) is 4.01. The zero-order chi connectivity index (χ0) is 7.28. The maximum absolute atomic E-state index is 9.82. The van der Waals surface area contributed by atoms with Crippen LogP contribution in [0.15, 0.2) is 11.6 Å². The summed E-state index contributed by atoms with van der Waals surface area (Å²) in [6.07, 6.45) is 2.70. The molecule has 1 N–H and O–H groups in total. The van der Waals surface area contributed by atoms with Crippen LogP contribution in [0.5, 0.6) is 0 Å². The fourth-order valence-electron chi connectivity index (χ4n) is 0.390. The van der Waals surface area contributed by atoms with Gasteiger partial charge in [-0.25, -0.2) is 6.08 Å². The van der Waals surface area contributed by atoms with Crippen molar-refractivity contribution < 1.29 is 9.53 Å². The van der Waals surface area contributed by atoms with E-state index in [2.05, 4.69) is 4.74 Å². The first-order valence-electron chi connectivity index (χ1n) is 2.83. The molecule has 0 bridgehead atoms. The molecule has 0 aliphatic rings. The van der Waals surface area contributed by atoms with Crippen LogP contribution in [0.3, 0.4) is 0 Å². The van der Waals surface area contributed by atoms with Crippen LogP contribution in [0.25, 0.3) is 0 Å². The van der Waals surface area contributed by atoms with Gasteiger partial charge in [-0.05, 0) is 0 Å². The highest BCUT2D eigenvalue weighted by Gasteiger charge is 1.92. The Morgan fingerprint density at radius 3 is 2.56 bits per heavy atom. The van der Waals surface area contributed by atoms with Gasteiger partial charge in [0.25, 0.3) is 0 Å². The minimum atomic E-state index is 0.558. The Labute approximate surface area is 55.5 Å². The van der Waals surface area contributed by atoms with E-state index in [1.807, 2.05) is 26.8 Å². The van der Waals surface area contributed by atoms with Gasteiger partial charge in [0.15, 0.2) is 0 Å². The summed E-state index contributed by atoms with van der Waals surface area (Å²) in [5, 5.41) is 0. The van der Waals surface area contributed by atoms with Crippen molar-refractivity contribution in [3.8, 4) is 0 Å². The Morgan fingerprint density at radius 2 is 2.22 bits per heavy atom. The van der Waals surface area contributed by atoms with Crippen molar-refractivity contribution in [2.24, 2.45) is 0 Å². The molecule has 0 saturated carbocycles. The van der Waals surface area contributed by atoms with Gasteiger partial charge in [-0.15, -0.1) is 6.92 Å². The van der Waals surface area contributed by atoms with Crippen molar-refractivity contribution in [1.29, 1.82) is 0 Å². The summed E-state index contributed by atoms with van der Waals surface area (Å²) in [5.74, 6) is 0. The average molecular weight is 128 g/mol. The fourth-order valence-corrected chi connectivity index (χ4v) is 0.390. The maximum Gasteiger partial charge on any atom is 0.495 e. The van der Waals surface area contributed by atoms with Gasteiger partial charge in [0.05, 0.1) is 0 Å². The number of rotatable bonds is 3. The summed E-state index contributed by atoms with van der Waals surface area (Å²) < 4.78 is 3.56. The van der Waals surface area contributed by atoms with Crippen molar-refractivity contribution in [1.82, 2.24) is 0 Å². The highest BCUT2D eigenvalue weighted by Crippen LogP contribution is 2.08. The minimum absolute atomic E-state index is 0.558. The van der Waals surface area contributed by atoms with Gasteiger partial charge in [-0.3, -0.25) is 0 Å². The van der Waals surface area contributed by atoms with E-state index in [-0.39, 0.29) is 0 Å². The van der Waals surface area contributed by atoms with E-state index < -0.39 is 0 Å². The van der Waals surface area contributed by atoms with E-state index in [0.717, 1.165) is 11.7 Å². The van der Waals surface area contributed by atoms with Crippen LogP contribution in [-0.4, -0.2) is 11.2 Å². The quantitative estimate of drug-likeness (QED) is 0.323. The standard InChI is InChI=1S/C7H12O2/c1-4-6(2)7(3)9-5-8/h4-5,9H,1-3H3/b6-4+. The highest BCUT2D eigenvalue weighted by molar-refractivity contribution is 5.39. The number of carbonyl (C=O) groups is 1. The molecule has 2 heteroatoms. The van der Waals surface area contributed by atoms with E-state index in [1.165, 1.54) is 0 Å². The zero-order valence-corrected chi connectivity index (χ0v) is 6.01. The third kappa shape index (κ3) is 2.80. The third-order valence-electron chi connectivity index (χ3n) is 1.25. The molecule has 0 radical (unpaired) electrons. The second-order valence-corrected chi connectivity index (χ2v) is 1.79. The van der Waals surface area contributed by atoms with Gasteiger partial charge in [-0.1, -0.05) is 13.8 Å². The van der Waals surface area contributed by atoms with Gasteiger partial charge in [-0.2, -0.15) is 5.57 Å². The first kappa shape index (κ1) is 8.08. The molecule has 0 heterocycles. The van der Waals surface area contributed by atoms with E-state index in [4.69, 9.17) is 0 Å². The van der Waals surface area contributed by atoms with Gasteiger partial charge in [0.2, 0.25) is 0 Å². The predicted octanol–water partition coefficient (Wildman–Crippen LogP) is 1.75. The van der Waals surface area contributed by atoms with Crippen molar-refractivity contribution >= 4 is 6.47 Å². The summed E-state index contributed by atoms with van der Waals surface area (Å²) in [6.45, 7) is 6.20. The smallest absolute Gasteiger partial charge is 0.495 e. The number of allylic oxidation sites excluding steroid dienone is 1. The normalized spacial score (nSPS) is 10.8. The number of ether oxygens (including phenoxy) is 1. The van der Waals surface area contributed by atoms with E-state index in [1.54, 1.807) is 0 Å². The molecule has 2 nitrogen and oxygen atoms in total. The molecule has 52 valence electrons. The summed E-state index contributed by atoms with van der Waals surface area (Å²) >= 11 is 0. The zero-order valence-electron chi connectivity index (χ0n) is 6.01. The van der Waals surface area contributed by atoms with Crippen LogP contribution in [0.2, 0.25) is 0 Å². The fraction of sp³-hybridized carbons (Fsp3) is 0.429. The molecule has 0 fully saturated rings. The molecule has 0 aromatic carbocycles. The molecule has 0 saturated heterocycles.